The number of rotatable bonds is 8. The van der Waals surface area contributed by atoms with Gasteiger partial charge >= 0.3 is 0 Å². The first-order valence-electron chi connectivity index (χ1n) is 7.30. The lowest BCUT2D eigenvalue weighted by Gasteiger charge is -2.01. The average Bonchev–Trinajstić information content (AvgIpc) is 2.87. The Hall–Kier alpha value is -0.550. The van der Waals surface area contributed by atoms with E-state index >= 15 is 0 Å². The lowest BCUT2D eigenvalue weighted by atomic mass is 10.2. The fourth-order valence-electron chi connectivity index (χ4n) is 2.01. The number of benzene rings is 1. The van der Waals surface area contributed by atoms with Gasteiger partial charge in [0, 0.05) is 16.3 Å². The number of halogens is 1. The van der Waals surface area contributed by atoms with Crippen LogP contribution in [0, 0.1) is 0 Å². The Morgan fingerprint density at radius 3 is 2.81 bits per heavy atom. The molecule has 0 radical (unpaired) electrons. The van der Waals surface area contributed by atoms with E-state index in [0.29, 0.717) is 0 Å². The number of hydrogen-bond donors (Lipinski definition) is 1. The zero-order valence-corrected chi connectivity index (χ0v) is 14.9. The number of nitrogens with one attached hydrogen (secondary N) is 1. The second-order valence-corrected chi connectivity index (χ2v) is 7.32. The molecule has 2 aromatic rings. The highest BCUT2D eigenvalue weighted by Crippen LogP contribution is 2.31. The number of nitrogens with zero attached hydrogens (tertiary/aromatic N) is 1. The monoisotopic (exact) mass is 340 g/mol. The Labute approximate surface area is 140 Å². The van der Waals surface area contributed by atoms with Crippen molar-refractivity contribution in [3.05, 3.63) is 44.9 Å². The highest BCUT2D eigenvalue weighted by atomic mass is 35.5. The van der Waals surface area contributed by atoms with Crippen molar-refractivity contribution >= 4 is 34.7 Å². The standard InChI is InChI=1S/C16H21ClN2S2/c1-3-7-13-15(10-18-4-2)21-16(19-13)11-20-14-9-6-5-8-12(14)17/h5-6,8-9,18H,3-4,7,10-11H2,1-2H3. The maximum atomic E-state index is 6.20. The summed E-state index contributed by atoms with van der Waals surface area (Å²) in [7, 11) is 0. The van der Waals surface area contributed by atoms with E-state index in [1.807, 2.05) is 29.5 Å². The number of thiazole rings is 1. The molecule has 0 unspecified atom stereocenters. The van der Waals surface area contributed by atoms with E-state index in [1.165, 1.54) is 15.6 Å². The minimum absolute atomic E-state index is 0.820. The van der Waals surface area contributed by atoms with Crippen LogP contribution in [0.15, 0.2) is 29.2 Å². The molecule has 114 valence electrons. The van der Waals surface area contributed by atoms with Crippen molar-refractivity contribution in [2.45, 2.75) is 43.9 Å². The van der Waals surface area contributed by atoms with Crippen LogP contribution in [0.4, 0.5) is 0 Å². The van der Waals surface area contributed by atoms with Crippen LogP contribution in [0.25, 0.3) is 0 Å². The van der Waals surface area contributed by atoms with Crippen LogP contribution < -0.4 is 5.32 Å². The largest absolute Gasteiger partial charge is 0.312 e. The molecule has 0 aliphatic carbocycles. The van der Waals surface area contributed by atoms with Gasteiger partial charge < -0.3 is 5.32 Å². The van der Waals surface area contributed by atoms with E-state index in [1.54, 1.807) is 11.8 Å². The van der Waals surface area contributed by atoms with Gasteiger partial charge in [-0.1, -0.05) is 44.0 Å². The quantitative estimate of drug-likeness (QED) is 0.672. The van der Waals surface area contributed by atoms with Crippen molar-refractivity contribution < 1.29 is 0 Å². The minimum atomic E-state index is 0.820. The molecule has 0 saturated heterocycles. The summed E-state index contributed by atoms with van der Waals surface area (Å²) >= 11 is 9.78. The smallest absolute Gasteiger partial charge is 0.103 e. The van der Waals surface area contributed by atoms with E-state index in [9.17, 15) is 0 Å². The van der Waals surface area contributed by atoms with Gasteiger partial charge in [-0.05, 0) is 25.1 Å². The van der Waals surface area contributed by atoms with Crippen LogP contribution in [0.1, 0.15) is 35.8 Å². The highest BCUT2D eigenvalue weighted by molar-refractivity contribution is 7.98. The first-order valence-corrected chi connectivity index (χ1v) is 9.48. The van der Waals surface area contributed by atoms with Gasteiger partial charge in [-0.2, -0.15) is 0 Å². The van der Waals surface area contributed by atoms with E-state index in [2.05, 4.69) is 25.2 Å². The predicted octanol–water partition coefficient (Wildman–Crippen LogP) is 5.15. The van der Waals surface area contributed by atoms with Gasteiger partial charge in [0.1, 0.15) is 5.01 Å². The van der Waals surface area contributed by atoms with Crippen LogP contribution in [0.3, 0.4) is 0 Å². The molecule has 1 aromatic heterocycles. The summed E-state index contributed by atoms with van der Waals surface area (Å²) in [5.74, 6) is 0.886. The van der Waals surface area contributed by atoms with Crippen LogP contribution in [-0.4, -0.2) is 11.5 Å². The summed E-state index contributed by atoms with van der Waals surface area (Å²) < 4.78 is 0. The third-order valence-electron chi connectivity index (χ3n) is 3.03. The average molecular weight is 341 g/mol. The Kier molecular flexibility index (Phi) is 7.04. The summed E-state index contributed by atoms with van der Waals surface area (Å²) in [6.45, 7) is 6.26. The lowest BCUT2D eigenvalue weighted by Crippen LogP contribution is -2.11. The second-order valence-electron chi connectivity index (χ2n) is 4.73. The molecule has 0 fully saturated rings. The molecule has 21 heavy (non-hydrogen) atoms. The van der Waals surface area contributed by atoms with Gasteiger partial charge in [0.2, 0.25) is 0 Å². The third-order valence-corrected chi connectivity index (χ3v) is 5.84. The molecule has 2 rings (SSSR count). The number of aromatic nitrogens is 1. The van der Waals surface area contributed by atoms with Gasteiger partial charge in [-0.15, -0.1) is 23.1 Å². The maximum Gasteiger partial charge on any atom is 0.103 e. The number of thioether (sulfide) groups is 1. The van der Waals surface area contributed by atoms with Gasteiger partial charge in [-0.25, -0.2) is 4.98 Å². The predicted molar refractivity (Wildman–Crippen MR) is 94.5 cm³/mol. The van der Waals surface area contributed by atoms with Gasteiger partial charge in [0.25, 0.3) is 0 Å². The number of aryl methyl sites for hydroxylation is 1. The number of hydrogen-bond acceptors (Lipinski definition) is 4. The topological polar surface area (TPSA) is 24.9 Å². The Morgan fingerprint density at radius 2 is 2.10 bits per heavy atom. The summed E-state index contributed by atoms with van der Waals surface area (Å²) in [6.07, 6.45) is 2.20. The van der Waals surface area contributed by atoms with Gasteiger partial charge in [0.15, 0.2) is 0 Å². The summed E-state index contributed by atoms with van der Waals surface area (Å²) in [4.78, 5) is 7.32. The van der Waals surface area contributed by atoms with Crippen molar-refractivity contribution in [1.29, 1.82) is 0 Å². The van der Waals surface area contributed by atoms with Crippen LogP contribution in [0.5, 0.6) is 0 Å². The molecule has 0 saturated carbocycles. The maximum absolute atomic E-state index is 6.20. The molecule has 1 aromatic carbocycles. The van der Waals surface area contributed by atoms with E-state index in [4.69, 9.17) is 16.6 Å². The van der Waals surface area contributed by atoms with E-state index < -0.39 is 0 Å². The third kappa shape index (κ3) is 4.99. The Bertz CT molecular complexity index is 569. The van der Waals surface area contributed by atoms with Crippen molar-refractivity contribution in [1.82, 2.24) is 10.3 Å². The Balaban J connectivity index is 2.04. The summed E-state index contributed by atoms with van der Waals surface area (Å²) in [6, 6.07) is 7.98. The van der Waals surface area contributed by atoms with Crippen LogP contribution in [0.2, 0.25) is 5.02 Å². The Morgan fingerprint density at radius 1 is 1.29 bits per heavy atom. The van der Waals surface area contributed by atoms with Crippen LogP contribution >= 0.6 is 34.7 Å². The molecule has 1 N–H and O–H groups in total. The lowest BCUT2D eigenvalue weighted by molar-refractivity contribution is 0.723. The van der Waals surface area contributed by atoms with Gasteiger partial charge in [0.05, 0.1) is 16.5 Å². The summed E-state index contributed by atoms with van der Waals surface area (Å²) in [5, 5.41) is 5.41. The second kappa shape index (κ2) is 8.79. The van der Waals surface area contributed by atoms with Crippen molar-refractivity contribution in [2.75, 3.05) is 6.54 Å². The summed E-state index contributed by atoms with van der Waals surface area (Å²) in [5.41, 5.74) is 1.26. The molecule has 2 nitrogen and oxygen atoms in total. The first kappa shape index (κ1) is 16.8. The highest BCUT2D eigenvalue weighted by Gasteiger charge is 2.11. The molecule has 0 spiro atoms. The fourth-order valence-corrected chi connectivity index (χ4v) is 4.32. The molecular weight excluding hydrogens is 320 g/mol. The molecule has 1 heterocycles. The van der Waals surface area contributed by atoms with Crippen molar-refractivity contribution in [2.24, 2.45) is 0 Å². The van der Waals surface area contributed by atoms with Gasteiger partial charge in [-0.3, -0.25) is 0 Å². The first-order chi connectivity index (χ1) is 10.2. The van der Waals surface area contributed by atoms with E-state index in [0.717, 1.165) is 41.6 Å². The molecule has 0 bridgehead atoms. The zero-order valence-electron chi connectivity index (χ0n) is 12.5. The minimum Gasteiger partial charge on any atom is -0.312 e. The van der Waals surface area contributed by atoms with Crippen molar-refractivity contribution in [3.8, 4) is 0 Å². The molecule has 0 aliphatic heterocycles. The van der Waals surface area contributed by atoms with Crippen molar-refractivity contribution in [3.63, 3.8) is 0 Å². The molecule has 0 atom stereocenters. The molecule has 0 amide bonds. The van der Waals surface area contributed by atoms with Crippen LogP contribution in [-0.2, 0) is 18.7 Å². The van der Waals surface area contributed by atoms with E-state index in [-0.39, 0.29) is 0 Å². The SMILES string of the molecule is CCCc1nc(CSc2ccccc2Cl)sc1CNCC. The molecule has 0 aliphatic rings. The molecule has 5 heteroatoms. The fraction of sp³-hybridized carbons (Fsp3) is 0.438. The molecular formula is C16H21ClN2S2. The normalized spacial score (nSPS) is 11.0. The zero-order chi connectivity index (χ0) is 15.1.